The quantitative estimate of drug-likeness (QED) is 0.318. The molecule has 2 N–H and O–H groups in total. The molecule has 0 bridgehead atoms. The average Bonchev–Trinajstić information content (AvgIpc) is 3.33. The van der Waals surface area contributed by atoms with Crippen molar-refractivity contribution in [2.45, 2.75) is 6.54 Å². The molecule has 1 fully saturated rings. The van der Waals surface area contributed by atoms with Crippen LogP contribution >= 0.6 is 0 Å². The maximum atomic E-state index is 13.5. The van der Waals surface area contributed by atoms with Crippen LogP contribution in [-0.2, 0) is 16.0 Å². The van der Waals surface area contributed by atoms with Crippen LogP contribution in [-0.4, -0.2) is 88.6 Å². The zero-order chi connectivity index (χ0) is 28.6. The summed E-state index contributed by atoms with van der Waals surface area (Å²) in [6, 6.07) is 10.4. The molecule has 12 heteroatoms. The Bertz CT molecular complexity index is 1380. The highest BCUT2D eigenvalue weighted by Crippen LogP contribution is 2.37. The molecule has 3 aromatic rings. The molecule has 2 amide bonds. The Kier molecular flexibility index (Phi) is 9.24. The Morgan fingerprint density at radius 3 is 2.46 bits per heavy atom. The van der Waals surface area contributed by atoms with E-state index in [4.69, 9.17) is 18.9 Å². The number of carbonyl (C=O) groups excluding carboxylic acids is 2. The molecule has 0 radical (unpaired) electrons. The van der Waals surface area contributed by atoms with Crippen LogP contribution in [0, 0.1) is 0 Å². The number of ether oxygens (including phenoxy) is 4. The number of nitrogens with zero attached hydrogens (tertiary/aromatic N) is 4. The molecule has 41 heavy (non-hydrogen) atoms. The maximum absolute atomic E-state index is 13.5. The molecule has 216 valence electrons. The number of nitrogens with one attached hydrogen (secondary N) is 2. The number of amides is 2. The van der Waals surface area contributed by atoms with Crippen molar-refractivity contribution in [3.8, 4) is 11.5 Å². The Labute approximate surface area is 238 Å². The van der Waals surface area contributed by atoms with Crippen LogP contribution in [0.5, 0.6) is 11.5 Å². The van der Waals surface area contributed by atoms with Crippen LogP contribution in [0.25, 0.3) is 0 Å². The normalized spacial score (nSPS) is 14.6. The van der Waals surface area contributed by atoms with Crippen LogP contribution in [0.15, 0.2) is 48.8 Å². The first-order chi connectivity index (χ1) is 20.1. The van der Waals surface area contributed by atoms with Gasteiger partial charge in [-0.05, 0) is 35.9 Å². The van der Waals surface area contributed by atoms with E-state index in [1.165, 1.54) is 4.90 Å². The van der Waals surface area contributed by atoms with Gasteiger partial charge in [-0.25, -0.2) is 4.98 Å². The number of piperazine rings is 1. The van der Waals surface area contributed by atoms with E-state index in [0.717, 1.165) is 37.4 Å². The molecule has 2 aliphatic heterocycles. The van der Waals surface area contributed by atoms with E-state index in [0.29, 0.717) is 55.0 Å². The minimum Gasteiger partial charge on any atom is -0.487 e. The van der Waals surface area contributed by atoms with E-state index >= 15 is 0 Å². The molecule has 1 saturated heterocycles. The van der Waals surface area contributed by atoms with E-state index in [9.17, 15) is 9.59 Å². The van der Waals surface area contributed by atoms with Crippen molar-refractivity contribution in [3.63, 3.8) is 0 Å². The fourth-order valence-corrected chi connectivity index (χ4v) is 4.75. The van der Waals surface area contributed by atoms with E-state index in [2.05, 4.69) is 25.5 Å². The molecule has 5 rings (SSSR count). The van der Waals surface area contributed by atoms with Gasteiger partial charge >= 0.3 is 0 Å². The molecule has 4 heterocycles. The lowest BCUT2D eigenvalue weighted by molar-refractivity contribution is 0.0989. The molecular formula is C29H34N6O6. The molecule has 1 aromatic carbocycles. The number of pyridine rings is 2. The minimum absolute atomic E-state index is 0.188. The van der Waals surface area contributed by atoms with Crippen molar-refractivity contribution >= 4 is 29.0 Å². The topological polar surface area (TPSA) is 127 Å². The van der Waals surface area contributed by atoms with Crippen LogP contribution in [0.3, 0.4) is 0 Å². The first kappa shape index (κ1) is 28.3. The predicted molar refractivity (Wildman–Crippen MR) is 153 cm³/mol. The van der Waals surface area contributed by atoms with Gasteiger partial charge in [0, 0.05) is 52.2 Å². The summed E-state index contributed by atoms with van der Waals surface area (Å²) in [6.45, 7) is 5.12. The van der Waals surface area contributed by atoms with Crippen molar-refractivity contribution in [1.29, 1.82) is 0 Å². The van der Waals surface area contributed by atoms with E-state index < -0.39 is 0 Å². The number of carbonyl (C=O) groups is 2. The number of fused-ring (bicyclic) bond motifs is 1. The lowest BCUT2D eigenvalue weighted by Crippen LogP contribution is -2.43. The van der Waals surface area contributed by atoms with Gasteiger partial charge in [0.1, 0.15) is 24.7 Å². The van der Waals surface area contributed by atoms with Crippen LogP contribution in [0.4, 0.5) is 17.2 Å². The summed E-state index contributed by atoms with van der Waals surface area (Å²) in [5.74, 6) is 0.715. The summed E-state index contributed by atoms with van der Waals surface area (Å²) in [6.07, 6.45) is 3.35. The van der Waals surface area contributed by atoms with Gasteiger partial charge in [-0.1, -0.05) is 6.07 Å². The van der Waals surface area contributed by atoms with Crippen molar-refractivity contribution in [3.05, 3.63) is 65.6 Å². The highest BCUT2D eigenvalue weighted by molar-refractivity contribution is 6.10. The first-order valence-corrected chi connectivity index (χ1v) is 13.5. The van der Waals surface area contributed by atoms with E-state index in [1.54, 1.807) is 50.9 Å². The van der Waals surface area contributed by atoms with E-state index in [-0.39, 0.29) is 24.1 Å². The zero-order valence-electron chi connectivity index (χ0n) is 23.2. The second-order valence-electron chi connectivity index (χ2n) is 9.49. The number of hydrogen-bond donors (Lipinski definition) is 2. The summed E-state index contributed by atoms with van der Waals surface area (Å²) >= 11 is 0. The van der Waals surface area contributed by atoms with Crippen LogP contribution in [0.1, 0.15) is 26.4 Å². The number of benzene rings is 1. The van der Waals surface area contributed by atoms with Crippen molar-refractivity contribution in [2.24, 2.45) is 0 Å². The summed E-state index contributed by atoms with van der Waals surface area (Å²) < 4.78 is 21.9. The Morgan fingerprint density at radius 1 is 1.00 bits per heavy atom. The third kappa shape index (κ3) is 6.56. The van der Waals surface area contributed by atoms with E-state index in [1.807, 2.05) is 12.1 Å². The van der Waals surface area contributed by atoms with Gasteiger partial charge in [0.05, 0.1) is 37.3 Å². The molecule has 2 aromatic heterocycles. The highest BCUT2D eigenvalue weighted by Gasteiger charge is 2.32. The lowest BCUT2D eigenvalue weighted by atomic mass is 10.1. The SMILES string of the molecule is COCCOc1cc2c(cc1OCCOC)C(=O)N(c1cccc(C(=O)Nc3cnccc3N3CCNCC3)n1)C2. The third-order valence-corrected chi connectivity index (χ3v) is 6.81. The van der Waals surface area contributed by atoms with Gasteiger partial charge in [0.2, 0.25) is 0 Å². The lowest BCUT2D eigenvalue weighted by Gasteiger charge is -2.30. The maximum Gasteiger partial charge on any atom is 0.274 e. The van der Waals surface area contributed by atoms with Gasteiger partial charge in [-0.15, -0.1) is 0 Å². The number of methoxy groups -OCH3 is 2. The first-order valence-electron chi connectivity index (χ1n) is 13.5. The van der Waals surface area contributed by atoms with Crippen molar-refractivity contribution < 1.29 is 28.5 Å². The molecule has 0 atom stereocenters. The molecular weight excluding hydrogens is 528 g/mol. The largest absolute Gasteiger partial charge is 0.487 e. The summed E-state index contributed by atoms with van der Waals surface area (Å²) in [5, 5.41) is 6.28. The fraction of sp³-hybridized carbons (Fsp3) is 0.379. The molecule has 2 aliphatic rings. The number of rotatable bonds is 12. The predicted octanol–water partition coefficient (Wildman–Crippen LogP) is 2.35. The second-order valence-corrected chi connectivity index (χ2v) is 9.49. The molecule has 0 saturated carbocycles. The molecule has 12 nitrogen and oxygen atoms in total. The average molecular weight is 563 g/mol. The monoisotopic (exact) mass is 562 g/mol. The van der Waals surface area contributed by atoms with Crippen LogP contribution < -0.4 is 29.9 Å². The van der Waals surface area contributed by atoms with Crippen molar-refractivity contribution in [1.82, 2.24) is 15.3 Å². The van der Waals surface area contributed by atoms with Crippen molar-refractivity contribution in [2.75, 3.05) is 81.9 Å². The third-order valence-electron chi connectivity index (χ3n) is 6.81. The number of aromatic nitrogens is 2. The Morgan fingerprint density at radius 2 is 1.73 bits per heavy atom. The summed E-state index contributed by atoms with van der Waals surface area (Å²) in [5.41, 5.74) is 2.97. The fourth-order valence-electron chi connectivity index (χ4n) is 4.75. The Balaban J connectivity index is 1.34. The minimum atomic E-state index is -0.386. The highest BCUT2D eigenvalue weighted by atomic mass is 16.5. The van der Waals surface area contributed by atoms with Gasteiger partial charge in [0.25, 0.3) is 11.8 Å². The van der Waals surface area contributed by atoms with Gasteiger partial charge in [0.15, 0.2) is 11.5 Å². The van der Waals surface area contributed by atoms with Crippen LogP contribution in [0.2, 0.25) is 0 Å². The second kappa shape index (κ2) is 13.4. The number of anilines is 3. The van der Waals surface area contributed by atoms with Gasteiger partial charge in [-0.3, -0.25) is 19.5 Å². The molecule has 0 unspecified atom stereocenters. The standard InChI is InChI=1S/C29H34N6O6/c1-38-12-14-40-25-16-20-19-35(29(37)21(20)17-26(25)41-15-13-39-2)27-5-3-4-22(32-27)28(36)33-23-18-31-7-6-24(23)34-10-8-30-9-11-34/h3-7,16-18,30H,8-15,19H2,1-2H3,(H,33,36). The van der Waals surface area contributed by atoms with Gasteiger partial charge < -0.3 is 34.5 Å². The Hall–Kier alpha value is -4.26. The molecule has 0 aliphatic carbocycles. The van der Waals surface area contributed by atoms with Gasteiger partial charge in [-0.2, -0.15) is 0 Å². The number of hydrogen-bond acceptors (Lipinski definition) is 10. The smallest absolute Gasteiger partial charge is 0.274 e. The summed E-state index contributed by atoms with van der Waals surface area (Å²) in [7, 11) is 3.19. The zero-order valence-corrected chi connectivity index (χ0v) is 23.2. The molecule has 0 spiro atoms. The summed E-state index contributed by atoms with van der Waals surface area (Å²) in [4.78, 5) is 39.2.